The van der Waals surface area contributed by atoms with Gasteiger partial charge in [0, 0.05) is 38.5 Å². The number of ether oxygens (including phenoxy) is 1. The Hall–Kier alpha value is -1.83. The molecule has 1 aromatic rings. The number of nitrogens with two attached hydrogens (primary N) is 1. The Balaban J connectivity index is 1.47. The van der Waals surface area contributed by atoms with E-state index >= 15 is 0 Å². The minimum atomic E-state index is -0.253. The average Bonchev–Trinajstić information content (AvgIpc) is 3.13. The molecular weight excluding hydrogens is 368 g/mol. The zero-order valence-corrected chi connectivity index (χ0v) is 16.3. The monoisotopic (exact) mass is 394 g/mol. The van der Waals surface area contributed by atoms with Crippen molar-refractivity contribution in [2.75, 3.05) is 26.2 Å². The Bertz CT molecular complexity index is 692. The maximum absolute atomic E-state index is 12.7. The van der Waals surface area contributed by atoms with Gasteiger partial charge >= 0.3 is 0 Å². The van der Waals surface area contributed by atoms with Crippen LogP contribution in [0.1, 0.15) is 24.8 Å². The Morgan fingerprint density at radius 2 is 2.11 bits per heavy atom. The highest BCUT2D eigenvalue weighted by Gasteiger charge is 2.34. The molecule has 0 saturated carbocycles. The number of nitrogens with one attached hydrogen (secondary N) is 2. The minimum Gasteiger partial charge on any atom is -0.489 e. The van der Waals surface area contributed by atoms with E-state index in [1.54, 1.807) is 0 Å². The molecule has 7 nitrogen and oxygen atoms in total. The molecule has 3 rings (SSSR count). The molecule has 0 radical (unpaired) electrons. The van der Waals surface area contributed by atoms with Crippen molar-refractivity contribution >= 4 is 23.4 Å². The van der Waals surface area contributed by atoms with Crippen molar-refractivity contribution in [1.82, 2.24) is 15.5 Å². The maximum Gasteiger partial charge on any atom is 0.239 e. The highest BCUT2D eigenvalue weighted by atomic mass is 35.5. The smallest absolute Gasteiger partial charge is 0.239 e. The fourth-order valence-corrected chi connectivity index (χ4v) is 3.78. The van der Waals surface area contributed by atoms with E-state index in [2.05, 4.69) is 10.6 Å². The van der Waals surface area contributed by atoms with Gasteiger partial charge in [-0.3, -0.25) is 9.59 Å². The molecule has 2 atom stereocenters. The molecule has 2 fully saturated rings. The third kappa shape index (κ3) is 5.12. The van der Waals surface area contributed by atoms with Crippen LogP contribution in [0.5, 0.6) is 5.75 Å². The number of hydrogen-bond donors (Lipinski definition) is 3. The molecule has 2 aliphatic rings. The summed E-state index contributed by atoms with van der Waals surface area (Å²) in [6.07, 6.45) is 2.20. The van der Waals surface area contributed by atoms with Crippen LogP contribution >= 0.6 is 11.6 Å². The largest absolute Gasteiger partial charge is 0.489 e. The number of benzene rings is 1. The van der Waals surface area contributed by atoms with Crippen LogP contribution in [-0.2, 0) is 9.59 Å². The van der Waals surface area contributed by atoms with Gasteiger partial charge in [0.25, 0.3) is 0 Å². The zero-order chi connectivity index (χ0) is 19.4. The Labute approximate surface area is 164 Å². The first-order chi connectivity index (χ1) is 13.0. The van der Waals surface area contributed by atoms with E-state index in [1.807, 2.05) is 30.0 Å². The van der Waals surface area contributed by atoms with E-state index in [0.717, 1.165) is 18.4 Å². The lowest BCUT2D eigenvalue weighted by atomic mass is 10.1. The fourth-order valence-electron chi connectivity index (χ4n) is 3.62. The van der Waals surface area contributed by atoms with Gasteiger partial charge in [-0.1, -0.05) is 17.7 Å². The Morgan fingerprint density at radius 3 is 2.81 bits per heavy atom. The van der Waals surface area contributed by atoms with Crippen LogP contribution in [0.15, 0.2) is 18.2 Å². The molecule has 27 heavy (non-hydrogen) atoms. The van der Waals surface area contributed by atoms with Crippen LogP contribution in [0.2, 0.25) is 5.02 Å². The van der Waals surface area contributed by atoms with E-state index in [4.69, 9.17) is 22.1 Å². The van der Waals surface area contributed by atoms with Gasteiger partial charge < -0.3 is 26.0 Å². The number of carbonyl (C=O) groups is 2. The second-order valence-corrected chi connectivity index (χ2v) is 7.65. The third-order valence-electron chi connectivity index (χ3n) is 5.11. The molecule has 0 spiro atoms. The standard InChI is InChI=1S/C19H27ClN4O3/c1-12-2-3-15(20)17(8-12)27-14-4-6-24(7-5-14)19(26)16-9-13(11-22-16)23-18(25)10-21/h2-3,8,13-14,16,22H,4-7,9-11,21H2,1H3,(H,23,25)/t13?,16-/m1/s1. The van der Waals surface area contributed by atoms with E-state index in [1.165, 1.54) is 0 Å². The Kier molecular flexibility index (Phi) is 6.57. The lowest BCUT2D eigenvalue weighted by Crippen LogP contribution is -2.48. The van der Waals surface area contributed by atoms with Crippen molar-refractivity contribution in [2.45, 2.75) is 44.4 Å². The quantitative estimate of drug-likeness (QED) is 0.687. The van der Waals surface area contributed by atoms with Gasteiger partial charge in [-0.15, -0.1) is 0 Å². The first-order valence-corrected chi connectivity index (χ1v) is 9.78. The third-order valence-corrected chi connectivity index (χ3v) is 5.43. The van der Waals surface area contributed by atoms with E-state index in [-0.39, 0.29) is 36.5 Å². The second kappa shape index (κ2) is 8.91. The van der Waals surface area contributed by atoms with Gasteiger partial charge in [-0.25, -0.2) is 0 Å². The van der Waals surface area contributed by atoms with Gasteiger partial charge in [0.2, 0.25) is 11.8 Å². The highest BCUT2D eigenvalue weighted by Crippen LogP contribution is 2.28. The lowest BCUT2D eigenvalue weighted by Gasteiger charge is -2.33. The van der Waals surface area contributed by atoms with Crippen molar-refractivity contribution < 1.29 is 14.3 Å². The molecule has 8 heteroatoms. The molecule has 2 aliphatic heterocycles. The summed E-state index contributed by atoms with van der Waals surface area (Å²) in [5, 5.41) is 6.64. The van der Waals surface area contributed by atoms with Crippen molar-refractivity contribution in [2.24, 2.45) is 5.73 Å². The molecule has 0 aromatic heterocycles. The van der Waals surface area contributed by atoms with Crippen LogP contribution in [0.25, 0.3) is 0 Å². The number of piperidine rings is 1. The lowest BCUT2D eigenvalue weighted by molar-refractivity contribution is -0.135. The summed E-state index contributed by atoms with van der Waals surface area (Å²) in [5.41, 5.74) is 6.42. The number of likely N-dealkylation sites (tertiary alicyclic amines) is 1. The summed E-state index contributed by atoms with van der Waals surface area (Å²) in [4.78, 5) is 26.0. The van der Waals surface area contributed by atoms with Crippen LogP contribution in [0.3, 0.4) is 0 Å². The van der Waals surface area contributed by atoms with Crippen LogP contribution < -0.4 is 21.1 Å². The van der Waals surface area contributed by atoms with Crippen molar-refractivity contribution in [3.8, 4) is 5.75 Å². The van der Waals surface area contributed by atoms with Crippen molar-refractivity contribution in [1.29, 1.82) is 0 Å². The van der Waals surface area contributed by atoms with Crippen LogP contribution in [0.4, 0.5) is 0 Å². The van der Waals surface area contributed by atoms with Crippen molar-refractivity contribution in [3.05, 3.63) is 28.8 Å². The van der Waals surface area contributed by atoms with E-state index < -0.39 is 0 Å². The summed E-state index contributed by atoms with van der Waals surface area (Å²) < 4.78 is 6.05. The van der Waals surface area contributed by atoms with Gasteiger partial charge in [0.15, 0.2) is 0 Å². The predicted molar refractivity (Wildman–Crippen MR) is 104 cm³/mol. The molecule has 4 N–H and O–H groups in total. The highest BCUT2D eigenvalue weighted by molar-refractivity contribution is 6.32. The molecular formula is C19H27ClN4O3. The number of carbonyl (C=O) groups excluding carboxylic acids is 2. The summed E-state index contributed by atoms with van der Waals surface area (Å²) in [7, 11) is 0. The molecule has 2 saturated heterocycles. The number of aryl methyl sites for hydroxylation is 1. The predicted octanol–water partition coefficient (Wildman–Crippen LogP) is 0.824. The normalized spacial score (nSPS) is 23.3. The van der Waals surface area contributed by atoms with Crippen LogP contribution in [0, 0.1) is 6.92 Å². The second-order valence-electron chi connectivity index (χ2n) is 7.24. The van der Waals surface area contributed by atoms with Gasteiger partial charge in [-0.05, 0) is 31.0 Å². The van der Waals surface area contributed by atoms with Crippen LogP contribution in [-0.4, -0.2) is 61.1 Å². The maximum atomic E-state index is 12.7. The molecule has 2 heterocycles. The number of rotatable bonds is 5. The first kappa shape index (κ1) is 19.9. The molecule has 148 valence electrons. The van der Waals surface area contributed by atoms with E-state index in [0.29, 0.717) is 36.8 Å². The van der Waals surface area contributed by atoms with Gasteiger partial charge in [-0.2, -0.15) is 0 Å². The zero-order valence-electron chi connectivity index (χ0n) is 15.5. The number of nitrogens with zero attached hydrogens (tertiary/aromatic N) is 1. The fraction of sp³-hybridized carbons (Fsp3) is 0.579. The average molecular weight is 395 g/mol. The molecule has 0 aliphatic carbocycles. The minimum absolute atomic E-state index is 0.0341. The number of hydrogen-bond acceptors (Lipinski definition) is 5. The number of amides is 2. The van der Waals surface area contributed by atoms with Gasteiger partial charge in [0.1, 0.15) is 11.9 Å². The first-order valence-electron chi connectivity index (χ1n) is 9.40. The Morgan fingerprint density at radius 1 is 1.37 bits per heavy atom. The number of halogens is 1. The summed E-state index contributed by atoms with van der Waals surface area (Å²) in [6.45, 7) is 3.87. The van der Waals surface area contributed by atoms with Crippen molar-refractivity contribution in [3.63, 3.8) is 0 Å². The summed E-state index contributed by atoms with van der Waals surface area (Å²) in [5.74, 6) is 0.603. The molecule has 0 bridgehead atoms. The van der Waals surface area contributed by atoms with Gasteiger partial charge in [0.05, 0.1) is 17.6 Å². The van der Waals surface area contributed by atoms with E-state index in [9.17, 15) is 9.59 Å². The molecule has 1 unspecified atom stereocenters. The molecule has 1 aromatic carbocycles. The summed E-state index contributed by atoms with van der Waals surface area (Å²) >= 11 is 6.21. The summed E-state index contributed by atoms with van der Waals surface area (Å²) in [6, 6.07) is 5.44. The topological polar surface area (TPSA) is 96.7 Å². The SMILES string of the molecule is Cc1ccc(Cl)c(OC2CCN(C(=O)[C@H]3CC(NC(=O)CN)CN3)CC2)c1. The molecule has 2 amide bonds.